The van der Waals surface area contributed by atoms with E-state index in [0.717, 1.165) is 18.5 Å². The van der Waals surface area contributed by atoms with Gasteiger partial charge in [-0.05, 0) is 25.0 Å². The van der Waals surface area contributed by atoms with Crippen LogP contribution in [-0.2, 0) is 10.0 Å². The molecule has 2 heterocycles. The van der Waals surface area contributed by atoms with E-state index in [2.05, 4.69) is 4.98 Å². The maximum absolute atomic E-state index is 11.5. The van der Waals surface area contributed by atoms with Gasteiger partial charge in [0.2, 0.25) is 10.0 Å². The first kappa shape index (κ1) is 9.73. The van der Waals surface area contributed by atoms with Crippen LogP contribution in [-0.4, -0.2) is 30.5 Å². The average molecular weight is 214 g/mol. The van der Waals surface area contributed by atoms with Gasteiger partial charge in [0.25, 0.3) is 0 Å². The number of aromatic amines is 1. The first-order chi connectivity index (χ1) is 6.59. The number of aromatic nitrogens is 1. The topological polar surface area (TPSA) is 53.2 Å². The summed E-state index contributed by atoms with van der Waals surface area (Å²) in [4.78, 5) is 3.08. The smallest absolute Gasteiger partial charge is 0.211 e. The summed E-state index contributed by atoms with van der Waals surface area (Å²) in [6, 6.07) is 3.85. The zero-order chi connectivity index (χ0) is 10.2. The minimum absolute atomic E-state index is 0.0139. The van der Waals surface area contributed by atoms with Crippen LogP contribution in [0.2, 0.25) is 0 Å². The van der Waals surface area contributed by atoms with Gasteiger partial charge in [0, 0.05) is 18.4 Å². The Morgan fingerprint density at radius 2 is 2.36 bits per heavy atom. The summed E-state index contributed by atoms with van der Waals surface area (Å²) in [5, 5.41) is 0. The van der Waals surface area contributed by atoms with E-state index in [1.807, 2.05) is 18.3 Å². The molecule has 1 aliphatic heterocycles. The van der Waals surface area contributed by atoms with Crippen LogP contribution in [0.15, 0.2) is 18.3 Å². The molecule has 4 nitrogen and oxygen atoms in total. The molecule has 0 amide bonds. The van der Waals surface area contributed by atoms with Crippen molar-refractivity contribution < 1.29 is 8.42 Å². The van der Waals surface area contributed by atoms with Gasteiger partial charge in [0.15, 0.2) is 0 Å². The number of rotatable bonds is 2. The molecule has 1 aromatic rings. The van der Waals surface area contributed by atoms with E-state index in [4.69, 9.17) is 0 Å². The number of hydrogen-bond acceptors (Lipinski definition) is 2. The van der Waals surface area contributed by atoms with Crippen molar-refractivity contribution >= 4 is 10.0 Å². The van der Waals surface area contributed by atoms with E-state index < -0.39 is 10.0 Å². The van der Waals surface area contributed by atoms with Crippen LogP contribution < -0.4 is 0 Å². The molecule has 0 aliphatic carbocycles. The van der Waals surface area contributed by atoms with Crippen molar-refractivity contribution in [2.45, 2.75) is 18.9 Å². The van der Waals surface area contributed by atoms with Gasteiger partial charge >= 0.3 is 0 Å². The molecule has 1 atom stereocenters. The third-order valence-electron chi connectivity index (χ3n) is 2.61. The monoisotopic (exact) mass is 214 g/mol. The molecule has 0 spiro atoms. The van der Waals surface area contributed by atoms with Crippen LogP contribution in [0.3, 0.4) is 0 Å². The second-order valence-electron chi connectivity index (χ2n) is 3.66. The zero-order valence-corrected chi connectivity index (χ0v) is 8.92. The molecule has 0 bridgehead atoms. The summed E-state index contributed by atoms with van der Waals surface area (Å²) in [7, 11) is -3.06. The highest BCUT2D eigenvalue weighted by Gasteiger charge is 2.32. The second kappa shape index (κ2) is 3.40. The maximum atomic E-state index is 11.5. The van der Waals surface area contributed by atoms with E-state index in [9.17, 15) is 8.42 Å². The van der Waals surface area contributed by atoms with E-state index in [-0.39, 0.29) is 6.04 Å². The molecule has 0 aromatic carbocycles. The Labute approximate surface area is 84.0 Å². The third kappa shape index (κ3) is 1.69. The van der Waals surface area contributed by atoms with Crippen LogP contribution in [0.1, 0.15) is 24.6 Å². The second-order valence-corrected chi connectivity index (χ2v) is 5.59. The van der Waals surface area contributed by atoms with Crippen LogP contribution in [0.25, 0.3) is 0 Å². The Morgan fingerprint density at radius 3 is 2.93 bits per heavy atom. The average Bonchev–Trinajstić information content (AvgIpc) is 2.73. The summed E-state index contributed by atoms with van der Waals surface area (Å²) >= 11 is 0. The Morgan fingerprint density at radius 1 is 1.57 bits per heavy atom. The Bertz CT molecular complexity index is 396. The first-order valence-corrected chi connectivity index (χ1v) is 6.54. The first-order valence-electron chi connectivity index (χ1n) is 4.69. The van der Waals surface area contributed by atoms with Crippen molar-refractivity contribution in [3.05, 3.63) is 24.0 Å². The largest absolute Gasteiger partial charge is 0.364 e. The van der Waals surface area contributed by atoms with Crippen LogP contribution >= 0.6 is 0 Å². The molecular weight excluding hydrogens is 200 g/mol. The van der Waals surface area contributed by atoms with Crippen molar-refractivity contribution in [3.63, 3.8) is 0 Å². The normalized spacial score (nSPS) is 24.2. The molecule has 0 saturated carbocycles. The Hall–Kier alpha value is -0.810. The quantitative estimate of drug-likeness (QED) is 0.801. The number of hydrogen-bond donors (Lipinski definition) is 1. The number of sulfonamides is 1. The highest BCUT2D eigenvalue weighted by Crippen LogP contribution is 2.32. The number of H-pyrrole nitrogens is 1. The maximum Gasteiger partial charge on any atom is 0.211 e. The summed E-state index contributed by atoms with van der Waals surface area (Å²) in [6.07, 6.45) is 4.95. The van der Waals surface area contributed by atoms with Crippen molar-refractivity contribution in [2.24, 2.45) is 0 Å². The molecule has 1 aliphatic rings. The molecule has 1 unspecified atom stereocenters. The van der Waals surface area contributed by atoms with E-state index >= 15 is 0 Å². The lowest BCUT2D eigenvalue weighted by Gasteiger charge is -2.20. The predicted octanol–water partition coefficient (Wildman–Crippen LogP) is 1.11. The molecule has 14 heavy (non-hydrogen) atoms. The SMILES string of the molecule is CS(=O)(=O)N1CCCC1c1ccc[nH]1. The molecular formula is C9H14N2O2S. The summed E-state index contributed by atoms with van der Waals surface area (Å²) in [5.74, 6) is 0. The molecule has 0 radical (unpaired) electrons. The van der Waals surface area contributed by atoms with Gasteiger partial charge in [-0.25, -0.2) is 8.42 Å². The zero-order valence-electron chi connectivity index (χ0n) is 8.10. The number of nitrogens with one attached hydrogen (secondary N) is 1. The highest BCUT2D eigenvalue weighted by atomic mass is 32.2. The minimum Gasteiger partial charge on any atom is -0.364 e. The van der Waals surface area contributed by atoms with Crippen molar-refractivity contribution in [3.8, 4) is 0 Å². The van der Waals surface area contributed by atoms with Crippen LogP contribution in [0.5, 0.6) is 0 Å². The van der Waals surface area contributed by atoms with Gasteiger partial charge in [-0.1, -0.05) is 0 Å². The fourth-order valence-electron chi connectivity index (χ4n) is 2.00. The van der Waals surface area contributed by atoms with Gasteiger partial charge in [-0.15, -0.1) is 0 Å². The van der Waals surface area contributed by atoms with Gasteiger partial charge in [0.05, 0.1) is 12.3 Å². The van der Waals surface area contributed by atoms with Gasteiger partial charge in [0.1, 0.15) is 0 Å². The van der Waals surface area contributed by atoms with E-state index in [1.54, 1.807) is 4.31 Å². The molecule has 78 valence electrons. The van der Waals surface area contributed by atoms with Crippen LogP contribution in [0.4, 0.5) is 0 Å². The van der Waals surface area contributed by atoms with E-state index in [1.165, 1.54) is 6.26 Å². The fourth-order valence-corrected chi connectivity index (χ4v) is 3.14. The Balaban J connectivity index is 2.28. The fraction of sp³-hybridized carbons (Fsp3) is 0.556. The number of nitrogens with zero attached hydrogens (tertiary/aromatic N) is 1. The summed E-state index contributed by atoms with van der Waals surface area (Å²) in [6.45, 7) is 0.641. The van der Waals surface area contributed by atoms with Crippen molar-refractivity contribution in [1.82, 2.24) is 9.29 Å². The predicted molar refractivity (Wildman–Crippen MR) is 54.3 cm³/mol. The minimum atomic E-state index is -3.06. The molecule has 1 N–H and O–H groups in total. The summed E-state index contributed by atoms with van der Waals surface area (Å²) in [5.41, 5.74) is 0.993. The molecule has 1 aromatic heterocycles. The molecule has 1 fully saturated rings. The van der Waals surface area contributed by atoms with Crippen LogP contribution in [0, 0.1) is 0 Å². The van der Waals surface area contributed by atoms with Gasteiger partial charge in [-0.2, -0.15) is 4.31 Å². The molecule has 2 rings (SSSR count). The standard InChI is InChI=1S/C9H14N2O2S/c1-14(12,13)11-7-3-5-9(11)8-4-2-6-10-8/h2,4,6,9-10H,3,5,7H2,1H3. The summed E-state index contributed by atoms with van der Waals surface area (Å²) < 4.78 is 24.5. The van der Waals surface area contributed by atoms with Gasteiger partial charge < -0.3 is 4.98 Å². The van der Waals surface area contributed by atoms with Crippen molar-refractivity contribution in [2.75, 3.05) is 12.8 Å². The lowest BCUT2D eigenvalue weighted by atomic mass is 10.2. The third-order valence-corrected chi connectivity index (χ3v) is 3.90. The molecule has 5 heteroatoms. The highest BCUT2D eigenvalue weighted by molar-refractivity contribution is 7.88. The lowest BCUT2D eigenvalue weighted by Crippen LogP contribution is -2.29. The van der Waals surface area contributed by atoms with Crippen molar-refractivity contribution in [1.29, 1.82) is 0 Å². The lowest BCUT2D eigenvalue weighted by molar-refractivity contribution is 0.395. The van der Waals surface area contributed by atoms with E-state index in [0.29, 0.717) is 6.54 Å². The van der Waals surface area contributed by atoms with Gasteiger partial charge in [-0.3, -0.25) is 0 Å². The Kier molecular flexibility index (Phi) is 2.36. The molecule has 1 saturated heterocycles.